The van der Waals surface area contributed by atoms with E-state index in [1.807, 2.05) is 0 Å². The molecule has 0 unspecified atom stereocenters. The molecule has 0 rings (SSSR count). The molecule has 0 bridgehead atoms. The zero-order valence-electron chi connectivity index (χ0n) is 6.90. The van der Waals surface area contributed by atoms with Crippen molar-refractivity contribution in [1.29, 1.82) is 0 Å². The Labute approximate surface area is 80.4 Å². The maximum Gasteiger partial charge on any atom is 0.187 e. The summed E-state index contributed by atoms with van der Waals surface area (Å²) in [6.07, 6.45) is 7.50. The highest BCUT2D eigenvalue weighted by Crippen LogP contribution is 2.03. The fourth-order valence-corrected chi connectivity index (χ4v) is 0.892. The molecule has 0 fully saturated rings. The van der Waals surface area contributed by atoms with Gasteiger partial charge in [0.05, 0.1) is 0 Å². The molecule has 0 heterocycles. The van der Waals surface area contributed by atoms with Crippen LogP contribution in [0.25, 0.3) is 0 Å². The lowest BCUT2D eigenvalue weighted by Gasteiger charge is -1.95. The summed E-state index contributed by atoms with van der Waals surface area (Å²) >= 11 is 0. The van der Waals surface area contributed by atoms with E-state index < -0.39 is 0 Å². The predicted octanol–water partition coefficient (Wildman–Crippen LogP) is 0.331. The minimum absolute atomic E-state index is 0. The number of unbranched alkanes of at least 4 members (excludes halogenated alkanes) is 5. The summed E-state index contributed by atoms with van der Waals surface area (Å²) in [4.78, 5) is 0. The van der Waals surface area contributed by atoms with Crippen molar-refractivity contribution in [2.45, 2.75) is 45.4 Å². The van der Waals surface area contributed by atoms with E-state index in [1.165, 1.54) is 32.1 Å². The summed E-state index contributed by atoms with van der Waals surface area (Å²) in [6.45, 7) is 2.58. The average Bonchev–Trinajstić information content (AvgIpc) is 1.89. The topological polar surface area (TPSA) is 51.7 Å². The monoisotopic (exact) mass is 178 g/mol. The normalized spacial score (nSPS) is 8.18. The van der Waals surface area contributed by atoms with Gasteiger partial charge in [0, 0.05) is 6.61 Å². The van der Waals surface area contributed by atoms with Crippen LogP contribution in [0, 0.1) is 0 Å². The van der Waals surface area contributed by atoms with E-state index in [0.29, 0.717) is 6.61 Å². The summed E-state index contributed by atoms with van der Waals surface area (Å²) in [5, 5.41) is 8.42. The lowest BCUT2D eigenvalue weighted by Crippen LogP contribution is -1.82. The number of aliphatic hydroxyl groups excluding tert-OH is 1. The van der Waals surface area contributed by atoms with Crippen LogP contribution < -0.4 is 0 Å². The van der Waals surface area contributed by atoms with Crippen molar-refractivity contribution < 1.29 is 10.6 Å². The number of hydrogen-bond donors (Lipinski definition) is 1. The van der Waals surface area contributed by atoms with Crippen molar-refractivity contribution in [2.24, 2.45) is 0 Å². The average molecular weight is 178 g/mol. The highest BCUT2D eigenvalue weighted by Gasteiger charge is 1.86. The van der Waals surface area contributed by atoms with E-state index in [2.05, 4.69) is 6.92 Å². The van der Waals surface area contributed by atoms with Crippen molar-refractivity contribution in [3.8, 4) is 0 Å². The molecule has 70 valence electrons. The van der Waals surface area contributed by atoms with Gasteiger partial charge >= 0.3 is 0 Å². The summed E-state index contributed by atoms with van der Waals surface area (Å²) in [5.74, 6) is 0. The molecular formula is C8H23AlO2. The molecule has 0 aromatic rings. The molecule has 2 nitrogen and oxygen atoms in total. The van der Waals surface area contributed by atoms with Gasteiger partial charge in [-0.25, -0.2) is 0 Å². The van der Waals surface area contributed by atoms with Crippen LogP contribution in [0.1, 0.15) is 45.4 Å². The Balaban J connectivity index is -0.000000320. The first kappa shape index (κ1) is 17.5. The Hall–Kier alpha value is 0.452. The van der Waals surface area contributed by atoms with Crippen molar-refractivity contribution in [1.82, 2.24) is 0 Å². The predicted molar refractivity (Wildman–Crippen MR) is 54.0 cm³/mol. The second kappa shape index (κ2) is 16.8. The van der Waals surface area contributed by atoms with E-state index >= 15 is 0 Å². The quantitative estimate of drug-likeness (QED) is 0.462. The van der Waals surface area contributed by atoms with Gasteiger partial charge in [-0.3, -0.25) is 0 Å². The highest BCUT2D eigenvalue weighted by molar-refractivity contribution is 5.75. The molecule has 0 saturated heterocycles. The maximum atomic E-state index is 8.42. The number of hydrogen-bond acceptors (Lipinski definition) is 1. The van der Waals surface area contributed by atoms with Gasteiger partial charge in [-0.1, -0.05) is 39.0 Å². The van der Waals surface area contributed by atoms with Crippen LogP contribution >= 0.6 is 0 Å². The van der Waals surface area contributed by atoms with E-state index in [-0.39, 0.29) is 22.8 Å². The van der Waals surface area contributed by atoms with E-state index in [4.69, 9.17) is 5.11 Å². The smallest absolute Gasteiger partial charge is 0.187 e. The van der Waals surface area contributed by atoms with Crippen molar-refractivity contribution in [3.63, 3.8) is 0 Å². The summed E-state index contributed by atoms with van der Waals surface area (Å²) in [6, 6.07) is 0. The maximum absolute atomic E-state index is 8.42. The zero-order chi connectivity index (χ0) is 6.95. The van der Waals surface area contributed by atoms with Crippen molar-refractivity contribution >= 4 is 17.4 Å². The fourth-order valence-electron chi connectivity index (χ4n) is 0.892. The molecule has 0 aliphatic carbocycles. The second-order valence-electron chi connectivity index (χ2n) is 2.49. The van der Waals surface area contributed by atoms with Crippen LogP contribution in [0.3, 0.4) is 0 Å². The molecule has 3 heteroatoms. The van der Waals surface area contributed by atoms with Gasteiger partial charge in [-0.05, 0) is 6.42 Å². The molecule has 0 aliphatic rings. The molecule has 0 aromatic carbocycles. The van der Waals surface area contributed by atoms with Gasteiger partial charge in [0.25, 0.3) is 0 Å². The van der Waals surface area contributed by atoms with Crippen LogP contribution in [-0.2, 0) is 0 Å². The standard InChI is InChI=1S/C8H18O.Al.H2O.3H/c1-2-3-4-5-6-7-8-9;;;;;/h9H,2-8H2,1H3;;1H2;;;. The number of rotatable bonds is 6. The first-order chi connectivity index (χ1) is 4.41. The van der Waals surface area contributed by atoms with E-state index in [1.54, 1.807) is 0 Å². The van der Waals surface area contributed by atoms with Crippen molar-refractivity contribution in [3.05, 3.63) is 0 Å². The summed E-state index contributed by atoms with van der Waals surface area (Å²) < 4.78 is 0. The van der Waals surface area contributed by atoms with Gasteiger partial charge in [-0.15, -0.1) is 0 Å². The molecule has 0 aromatic heterocycles. The minimum atomic E-state index is 0. The Morgan fingerprint density at radius 1 is 0.909 bits per heavy atom. The second-order valence-corrected chi connectivity index (χ2v) is 2.49. The van der Waals surface area contributed by atoms with E-state index in [0.717, 1.165) is 6.42 Å². The van der Waals surface area contributed by atoms with Crippen LogP contribution in [0.5, 0.6) is 0 Å². The van der Waals surface area contributed by atoms with Crippen LogP contribution in [0.15, 0.2) is 0 Å². The Morgan fingerprint density at radius 3 is 1.82 bits per heavy atom. The molecule has 11 heavy (non-hydrogen) atoms. The van der Waals surface area contributed by atoms with Gasteiger partial charge in [0.2, 0.25) is 0 Å². The first-order valence-corrected chi connectivity index (χ1v) is 4.02. The van der Waals surface area contributed by atoms with E-state index in [9.17, 15) is 0 Å². The SMILES string of the molecule is CCCCCCCCO.O.[AlH3]. The summed E-state index contributed by atoms with van der Waals surface area (Å²) in [7, 11) is 0. The number of aliphatic hydroxyl groups is 1. The van der Waals surface area contributed by atoms with Crippen LogP contribution in [0.2, 0.25) is 0 Å². The Morgan fingerprint density at radius 2 is 1.36 bits per heavy atom. The molecule has 0 saturated carbocycles. The van der Waals surface area contributed by atoms with Crippen LogP contribution in [-0.4, -0.2) is 34.6 Å². The van der Waals surface area contributed by atoms with Gasteiger partial charge < -0.3 is 10.6 Å². The molecular weight excluding hydrogens is 155 g/mol. The molecule has 3 N–H and O–H groups in total. The van der Waals surface area contributed by atoms with Crippen LogP contribution in [0.4, 0.5) is 0 Å². The molecule has 0 atom stereocenters. The van der Waals surface area contributed by atoms with Gasteiger partial charge in [0.15, 0.2) is 17.4 Å². The zero-order valence-corrected chi connectivity index (χ0v) is 6.90. The van der Waals surface area contributed by atoms with Gasteiger partial charge in [-0.2, -0.15) is 0 Å². The summed E-state index contributed by atoms with van der Waals surface area (Å²) in [5.41, 5.74) is 0. The molecule has 0 spiro atoms. The fraction of sp³-hybridized carbons (Fsp3) is 1.00. The lowest BCUT2D eigenvalue weighted by molar-refractivity contribution is 0.282. The Kier molecular flexibility index (Phi) is 26.8. The minimum Gasteiger partial charge on any atom is -0.412 e. The van der Waals surface area contributed by atoms with Gasteiger partial charge in [0.1, 0.15) is 0 Å². The first-order valence-electron chi connectivity index (χ1n) is 4.02. The third kappa shape index (κ3) is 17.9. The molecule has 0 amide bonds. The van der Waals surface area contributed by atoms with Crippen molar-refractivity contribution in [2.75, 3.05) is 6.61 Å². The molecule has 0 aliphatic heterocycles. The molecule has 0 radical (unpaired) electrons. The third-order valence-electron chi connectivity index (χ3n) is 1.51. The third-order valence-corrected chi connectivity index (χ3v) is 1.51. The highest BCUT2D eigenvalue weighted by atomic mass is 27.0. The Bertz CT molecular complexity index is 45.4. The largest absolute Gasteiger partial charge is 0.412 e. The lowest BCUT2D eigenvalue weighted by atomic mass is 10.1.